The van der Waals surface area contributed by atoms with E-state index >= 15 is 0 Å². The molecule has 2 aromatic rings. The summed E-state index contributed by atoms with van der Waals surface area (Å²) in [5.41, 5.74) is 0.442. The molecule has 7 heteroatoms. The molecular weight excluding hydrogens is 282 g/mol. The summed E-state index contributed by atoms with van der Waals surface area (Å²) >= 11 is 5.77. The molecule has 0 aliphatic rings. The lowest BCUT2D eigenvalue weighted by Crippen LogP contribution is -2.32. The molecule has 0 saturated heterocycles. The van der Waals surface area contributed by atoms with Crippen LogP contribution in [0.25, 0.3) is 11.3 Å². The smallest absolute Gasteiger partial charge is 0.263 e. The molecule has 0 aliphatic carbocycles. The molecule has 0 aromatic carbocycles. The van der Waals surface area contributed by atoms with Gasteiger partial charge in [0.1, 0.15) is 10.7 Å². The Morgan fingerprint density at radius 1 is 1.30 bits per heavy atom. The van der Waals surface area contributed by atoms with E-state index in [1.807, 2.05) is 5.32 Å². The standard InChI is InChI=1S/C13H10ClN3O3/c1-7(18)16-12(19)9-2-3-10(17-13(9)20)8-4-5-15-11(14)6-8/h2-6H,1H3,(H,17,20)(H,16,18,19). The molecule has 0 aliphatic heterocycles. The van der Waals surface area contributed by atoms with Crippen LogP contribution in [-0.4, -0.2) is 21.8 Å². The zero-order valence-corrected chi connectivity index (χ0v) is 11.2. The van der Waals surface area contributed by atoms with Crippen LogP contribution >= 0.6 is 11.6 Å². The molecule has 102 valence electrons. The van der Waals surface area contributed by atoms with Gasteiger partial charge in [-0.25, -0.2) is 4.98 Å². The van der Waals surface area contributed by atoms with Crippen molar-refractivity contribution in [2.45, 2.75) is 6.92 Å². The molecule has 2 rings (SSSR count). The van der Waals surface area contributed by atoms with Crippen LogP contribution in [0.3, 0.4) is 0 Å². The van der Waals surface area contributed by atoms with Gasteiger partial charge in [0.2, 0.25) is 5.91 Å². The summed E-state index contributed by atoms with van der Waals surface area (Å²) in [6, 6.07) is 6.16. The van der Waals surface area contributed by atoms with Crippen LogP contribution in [0, 0.1) is 0 Å². The van der Waals surface area contributed by atoms with Gasteiger partial charge >= 0.3 is 0 Å². The highest BCUT2D eigenvalue weighted by atomic mass is 35.5. The van der Waals surface area contributed by atoms with Crippen molar-refractivity contribution < 1.29 is 9.59 Å². The summed E-state index contributed by atoms with van der Waals surface area (Å²) in [6.07, 6.45) is 1.51. The van der Waals surface area contributed by atoms with Crippen molar-refractivity contribution in [3.8, 4) is 11.3 Å². The number of carbonyl (C=O) groups excluding carboxylic acids is 2. The minimum atomic E-state index is -0.738. The molecule has 0 unspecified atom stereocenters. The number of imide groups is 1. The van der Waals surface area contributed by atoms with E-state index in [0.717, 1.165) is 0 Å². The monoisotopic (exact) mass is 291 g/mol. The molecule has 0 atom stereocenters. The summed E-state index contributed by atoms with van der Waals surface area (Å²) < 4.78 is 0. The first-order chi connectivity index (χ1) is 9.47. The molecule has 2 N–H and O–H groups in total. The Kier molecular flexibility index (Phi) is 3.95. The fourth-order valence-electron chi connectivity index (χ4n) is 1.62. The minimum Gasteiger partial charge on any atom is -0.321 e. The SMILES string of the molecule is CC(=O)NC(=O)c1ccc(-c2ccnc(Cl)c2)[nH]c1=O. The molecule has 6 nitrogen and oxygen atoms in total. The van der Waals surface area contributed by atoms with Crippen molar-refractivity contribution in [3.63, 3.8) is 0 Å². The Balaban J connectivity index is 2.38. The average molecular weight is 292 g/mol. The van der Waals surface area contributed by atoms with E-state index in [9.17, 15) is 14.4 Å². The Morgan fingerprint density at radius 2 is 2.05 bits per heavy atom. The van der Waals surface area contributed by atoms with E-state index in [4.69, 9.17) is 11.6 Å². The van der Waals surface area contributed by atoms with Crippen molar-refractivity contribution in [2.75, 3.05) is 0 Å². The third-order valence-corrected chi connectivity index (χ3v) is 2.69. The number of aromatic nitrogens is 2. The second kappa shape index (κ2) is 5.66. The van der Waals surface area contributed by atoms with Gasteiger partial charge < -0.3 is 4.98 Å². The summed E-state index contributed by atoms with van der Waals surface area (Å²) in [4.78, 5) is 40.6. The number of carbonyl (C=O) groups is 2. The van der Waals surface area contributed by atoms with Crippen LogP contribution < -0.4 is 10.9 Å². The highest BCUT2D eigenvalue weighted by Gasteiger charge is 2.12. The van der Waals surface area contributed by atoms with Crippen molar-refractivity contribution in [3.05, 3.63) is 51.5 Å². The van der Waals surface area contributed by atoms with Gasteiger partial charge in [-0.05, 0) is 24.3 Å². The van der Waals surface area contributed by atoms with Gasteiger partial charge in [-0.2, -0.15) is 0 Å². The van der Waals surface area contributed by atoms with Gasteiger partial charge in [0, 0.05) is 24.4 Å². The normalized spacial score (nSPS) is 10.1. The van der Waals surface area contributed by atoms with Crippen LogP contribution in [0.5, 0.6) is 0 Å². The minimum absolute atomic E-state index is 0.135. The third-order valence-electron chi connectivity index (χ3n) is 2.48. The lowest BCUT2D eigenvalue weighted by molar-refractivity contribution is -0.118. The average Bonchev–Trinajstić information content (AvgIpc) is 2.37. The molecule has 0 bridgehead atoms. The molecular formula is C13H10ClN3O3. The second-order valence-corrected chi connectivity index (χ2v) is 4.38. The van der Waals surface area contributed by atoms with Gasteiger partial charge in [0.25, 0.3) is 11.5 Å². The molecule has 2 heterocycles. The number of halogens is 1. The van der Waals surface area contributed by atoms with E-state index in [1.54, 1.807) is 18.2 Å². The number of hydrogen-bond donors (Lipinski definition) is 2. The maximum atomic E-state index is 11.8. The van der Waals surface area contributed by atoms with E-state index in [0.29, 0.717) is 16.4 Å². The Hall–Kier alpha value is -2.47. The summed E-state index contributed by atoms with van der Waals surface area (Å²) in [7, 11) is 0. The van der Waals surface area contributed by atoms with Crippen LogP contribution in [0.2, 0.25) is 5.15 Å². The quantitative estimate of drug-likeness (QED) is 0.817. The predicted octanol–water partition coefficient (Wildman–Crippen LogP) is 1.37. The Bertz CT molecular complexity index is 740. The van der Waals surface area contributed by atoms with Crippen molar-refractivity contribution in [1.82, 2.24) is 15.3 Å². The van der Waals surface area contributed by atoms with Crippen molar-refractivity contribution >= 4 is 23.4 Å². The van der Waals surface area contributed by atoms with Gasteiger partial charge in [-0.1, -0.05) is 11.6 Å². The first-order valence-corrected chi connectivity index (χ1v) is 6.02. The molecule has 20 heavy (non-hydrogen) atoms. The van der Waals surface area contributed by atoms with Crippen LogP contribution in [0.15, 0.2) is 35.3 Å². The summed E-state index contributed by atoms with van der Waals surface area (Å²) in [5.74, 6) is -1.27. The van der Waals surface area contributed by atoms with Crippen molar-refractivity contribution in [1.29, 1.82) is 0 Å². The van der Waals surface area contributed by atoms with Crippen LogP contribution in [-0.2, 0) is 4.79 Å². The molecule has 0 spiro atoms. The lowest BCUT2D eigenvalue weighted by atomic mass is 10.1. The zero-order valence-electron chi connectivity index (χ0n) is 10.4. The Labute approximate surface area is 118 Å². The highest BCUT2D eigenvalue weighted by molar-refractivity contribution is 6.29. The molecule has 0 saturated carbocycles. The van der Waals surface area contributed by atoms with Crippen molar-refractivity contribution in [2.24, 2.45) is 0 Å². The number of amides is 2. The summed E-state index contributed by atoms with van der Waals surface area (Å²) in [6.45, 7) is 1.19. The van der Waals surface area contributed by atoms with Crippen LogP contribution in [0.1, 0.15) is 17.3 Å². The zero-order chi connectivity index (χ0) is 14.7. The van der Waals surface area contributed by atoms with E-state index in [1.165, 1.54) is 19.2 Å². The van der Waals surface area contributed by atoms with E-state index in [-0.39, 0.29) is 5.56 Å². The molecule has 2 amide bonds. The summed E-state index contributed by atoms with van der Waals surface area (Å²) in [5, 5.41) is 2.33. The van der Waals surface area contributed by atoms with Gasteiger partial charge in [-0.15, -0.1) is 0 Å². The number of rotatable bonds is 2. The predicted molar refractivity (Wildman–Crippen MR) is 73.5 cm³/mol. The molecule has 0 radical (unpaired) electrons. The third kappa shape index (κ3) is 3.10. The van der Waals surface area contributed by atoms with E-state index < -0.39 is 17.4 Å². The fraction of sp³-hybridized carbons (Fsp3) is 0.0769. The first kappa shape index (κ1) is 14.0. The van der Waals surface area contributed by atoms with Gasteiger partial charge in [-0.3, -0.25) is 19.7 Å². The maximum absolute atomic E-state index is 11.8. The Morgan fingerprint density at radius 3 is 2.65 bits per heavy atom. The second-order valence-electron chi connectivity index (χ2n) is 3.99. The van der Waals surface area contributed by atoms with Crippen LogP contribution in [0.4, 0.5) is 0 Å². The number of pyridine rings is 2. The highest BCUT2D eigenvalue weighted by Crippen LogP contribution is 2.18. The number of nitrogens with one attached hydrogen (secondary N) is 2. The largest absolute Gasteiger partial charge is 0.321 e. The van der Waals surface area contributed by atoms with Gasteiger partial charge in [0.05, 0.1) is 0 Å². The fourth-order valence-corrected chi connectivity index (χ4v) is 1.79. The lowest BCUT2D eigenvalue weighted by Gasteiger charge is -2.04. The topological polar surface area (TPSA) is 91.9 Å². The van der Waals surface area contributed by atoms with Gasteiger partial charge in [0.15, 0.2) is 0 Å². The number of hydrogen-bond acceptors (Lipinski definition) is 4. The maximum Gasteiger partial charge on any atom is 0.263 e. The number of aromatic amines is 1. The molecule has 2 aromatic heterocycles. The first-order valence-electron chi connectivity index (χ1n) is 5.64. The number of nitrogens with zero attached hydrogens (tertiary/aromatic N) is 1. The number of H-pyrrole nitrogens is 1. The molecule has 0 fully saturated rings. The van der Waals surface area contributed by atoms with E-state index in [2.05, 4.69) is 9.97 Å².